The van der Waals surface area contributed by atoms with Crippen molar-refractivity contribution in [1.82, 2.24) is 10.4 Å². The number of pyridine rings is 1. The summed E-state index contributed by atoms with van der Waals surface area (Å²) in [5.41, 5.74) is 7.37. The number of hydrazine groups is 1. The lowest BCUT2D eigenvalue weighted by atomic mass is 10.2. The van der Waals surface area contributed by atoms with Crippen LogP contribution in [0.3, 0.4) is 0 Å². The van der Waals surface area contributed by atoms with Crippen LogP contribution in [0.15, 0.2) is 17.1 Å². The van der Waals surface area contributed by atoms with Crippen LogP contribution in [-0.4, -0.2) is 4.98 Å². The number of rotatable bonds is 0. The van der Waals surface area contributed by atoms with E-state index < -0.39 is 0 Å². The predicted molar refractivity (Wildman–Crippen MR) is 37.5 cm³/mol. The zero-order chi connectivity index (χ0) is 6.97. The van der Waals surface area contributed by atoms with Crippen molar-refractivity contribution in [1.29, 1.82) is 0 Å². The number of anilines is 1. The second-order valence-corrected chi connectivity index (χ2v) is 2.18. The van der Waals surface area contributed by atoms with Gasteiger partial charge >= 0.3 is 0 Å². The number of nitrogens with one attached hydrogen (secondary N) is 3. The highest BCUT2D eigenvalue weighted by atomic mass is 16.1. The fraction of sp³-hybridized carbons (Fsp3) is 0.167. The quantitative estimate of drug-likeness (QED) is 0.464. The van der Waals surface area contributed by atoms with Crippen LogP contribution in [0.4, 0.5) is 5.69 Å². The van der Waals surface area contributed by atoms with Gasteiger partial charge in [0, 0.05) is 12.7 Å². The van der Waals surface area contributed by atoms with Crippen molar-refractivity contribution >= 4 is 5.69 Å². The smallest absolute Gasteiger partial charge is 0.254 e. The Bertz CT molecular complexity index is 304. The summed E-state index contributed by atoms with van der Waals surface area (Å²) in [6.45, 7) is 0.603. The molecule has 0 amide bonds. The SMILES string of the molecule is O=c1[nH]ccc2c1CNN2. The second kappa shape index (κ2) is 1.85. The molecule has 1 aliphatic rings. The van der Waals surface area contributed by atoms with E-state index in [0.717, 1.165) is 11.3 Å². The molecule has 4 nitrogen and oxygen atoms in total. The zero-order valence-corrected chi connectivity index (χ0v) is 5.27. The highest BCUT2D eigenvalue weighted by Crippen LogP contribution is 2.12. The van der Waals surface area contributed by atoms with Gasteiger partial charge in [-0.15, -0.1) is 0 Å². The highest BCUT2D eigenvalue weighted by molar-refractivity contribution is 5.51. The van der Waals surface area contributed by atoms with Gasteiger partial charge in [-0.05, 0) is 6.07 Å². The summed E-state index contributed by atoms with van der Waals surface area (Å²) in [6.07, 6.45) is 1.63. The van der Waals surface area contributed by atoms with Gasteiger partial charge in [0.15, 0.2) is 0 Å². The Hall–Kier alpha value is -1.29. The van der Waals surface area contributed by atoms with Gasteiger partial charge < -0.3 is 10.4 Å². The van der Waals surface area contributed by atoms with Gasteiger partial charge in [0.05, 0.1) is 11.3 Å². The standard InChI is InChI=1S/C6H7N3O/c10-6-4-3-8-9-5(4)1-2-7-6/h1-2,8-9H,3H2,(H,7,10). The van der Waals surface area contributed by atoms with Gasteiger partial charge in [-0.1, -0.05) is 0 Å². The van der Waals surface area contributed by atoms with Gasteiger partial charge in [0.1, 0.15) is 0 Å². The zero-order valence-electron chi connectivity index (χ0n) is 5.27. The van der Waals surface area contributed by atoms with E-state index in [1.54, 1.807) is 6.20 Å². The molecule has 2 heterocycles. The molecule has 52 valence electrons. The molecule has 0 unspecified atom stereocenters. The first-order chi connectivity index (χ1) is 4.88. The average Bonchev–Trinajstić information content (AvgIpc) is 2.36. The molecule has 0 aromatic carbocycles. The Morgan fingerprint density at radius 2 is 2.40 bits per heavy atom. The highest BCUT2D eigenvalue weighted by Gasteiger charge is 2.10. The molecule has 0 spiro atoms. The van der Waals surface area contributed by atoms with Crippen molar-refractivity contribution in [2.75, 3.05) is 5.43 Å². The summed E-state index contributed by atoms with van der Waals surface area (Å²) in [5, 5.41) is 0. The average molecular weight is 137 g/mol. The molecule has 0 bridgehead atoms. The molecular formula is C6H7N3O. The molecule has 3 N–H and O–H groups in total. The van der Waals surface area contributed by atoms with Gasteiger partial charge in [-0.2, -0.15) is 0 Å². The van der Waals surface area contributed by atoms with Crippen molar-refractivity contribution in [3.05, 3.63) is 28.2 Å². The third kappa shape index (κ3) is 0.625. The van der Waals surface area contributed by atoms with Crippen molar-refractivity contribution < 1.29 is 0 Å². The number of fused-ring (bicyclic) bond motifs is 1. The first-order valence-corrected chi connectivity index (χ1v) is 3.07. The number of aromatic amines is 1. The third-order valence-corrected chi connectivity index (χ3v) is 1.55. The molecular weight excluding hydrogens is 130 g/mol. The molecule has 1 aromatic heterocycles. The minimum absolute atomic E-state index is 0.0185. The van der Waals surface area contributed by atoms with Crippen LogP contribution in [0, 0.1) is 0 Å². The predicted octanol–water partition coefficient (Wildman–Crippen LogP) is -0.195. The van der Waals surface area contributed by atoms with E-state index in [1.165, 1.54) is 0 Å². The van der Waals surface area contributed by atoms with E-state index in [1.807, 2.05) is 6.07 Å². The van der Waals surface area contributed by atoms with Crippen molar-refractivity contribution in [2.45, 2.75) is 6.54 Å². The molecule has 4 heteroatoms. The maximum atomic E-state index is 11.0. The van der Waals surface area contributed by atoms with E-state index in [-0.39, 0.29) is 5.56 Å². The molecule has 0 saturated carbocycles. The van der Waals surface area contributed by atoms with E-state index >= 15 is 0 Å². The lowest BCUT2D eigenvalue weighted by Crippen LogP contribution is -2.13. The van der Waals surface area contributed by atoms with E-state index in [4.69, 9.17) is 0 Å². The summed E-state index contributed by atoms with van der Waals surface area (Å²) >= 11 is 0. The molecule has 0 saturated heterocycles. The maximum Gasteiger partial charge on any atom is 0.254 e. The Labute approximate surface area is 57.2 Å². The Morgan fingerprint density at radius 1 is 1.50 bits per heavy atom. The fourth-order valence-electron chi connectivity index (χ4n) is 1.03. The molecule has 1 aliphatic heterocycles. The van der Waals surface area contributed by atoms with Crippen LogP contribution in [0.2, 0.25) is 0 Å². The van der Waals surface area contributed by atoms with E-state index in [9.17, 15) is 4.79 Å². The van der Waals surface area contributed by atoms with Crippen LogP contribution in [0.5, 0.6) is 0 Å². The lowest BCUT2D eigenvalue weighted by Gasteiger charge is -1.93. The molecule has 1 aromatic rings. The molecule has 2 rings (SSSR count). The minimum atomic E-state index is -0.0185. The first kappa shape index (κ1) is 5.49. The summed E-state index contributed by atoms with van der Waals surface area (Å²) in [7, 11) is 0. The molecule has 0 atom stereocenters. The number of hydrogen-bond donors (Lipinski definition) is 3. The largest absolute Gasteiger partial charge is 0.329 e. The van der Waals surface area contributed by atoms with Crippen LogP contribution in [-0.2, 0) is 6.54 Å². The van der Waals surface area contributed by atoms with Gasteiger partial charge in [-0.25, -0.2) is 5.43 Å². The summed E-state index contributed by atoms with van der Waals surface area (Å²) in [4.78, 5) is 13.6. The minimum Gasteiger partial charge on any atom is -0.329 e. The van der Waals surface area contributed by atoms with Crippen molar-refractivity contribution in [3.8, 4) is 0 Å². The third-order valence-electron chi connectivity index (χ3n) is 1.55. The first-order valence-electron chi connectivity index (χ1n) is 3.07. The van der Waals surface area contributed by atoms with Crippen molar-refractivity contribution in [2.24, 2.45) is 0 Å². The topological polar surface area (TPSA) is 56.9 Å². The molecule has 0 radical (unpaired) electrons. The summed E-state index contributed by atoms with van der Waals surface area (Å²) < 4.78 is 0. The molecule has 10 heavy (non-hydrogen) atoms. The summed E-state index contributed by atoms with van der Waals surface area (Å²) in [5.74, 6) is 0. The van der Waals surface area contributed by atoms with Crippen LogP contribution in [0.1, 0.15) is 5.56 Å². The number of hydrogen-bond acceptors (Lipinski definition) is 3. The van der Waals surface area contributed by atoms with E-state index in [0.29, 0.717) is 6.54 Å². The lowest BCUT2D eigenvalue weighted by molar-refractivity contribution is 0.852. The van der Waals surface area contributed by atoms with E-state index in [2.05, 4.69) is 15.8 Å². The molecule has 0 aliphatic carbocycles. The van der Waals surface area contributed by atoms with Gasteiger partial charge in [-0.3, -0.25) is 4.79 Å². The monoisotopic (exact) mass is 137 g/mol. The second-order valence-electron chi connectivity index (χ2n) is 2.18. The summed E-state index contributed by atoms with van der Waals surface area (Å²) in [6, 6.07) is 1.83. The van der Waals surface area contributed by atoms with Crippen molar-refractivity contribution in [3.63, 3.8) is 0 Å². The fourth-order valence-corrected chi connectivity index (χ4v) is 1.03. The normalized spacial score (nSPS) is 14.4. The molecule has 0 fully saturated rings. The Morgan fingerprint density at radius 3 is 3.20 bits per heavy atom. The number of aromatic nitrogens is 1. The van der Waals surface area contributed by atoms with Crippen LogP contribution < -0.4 is 16.4 Å². The van der Waals surface area contributed by atoms with Crippen LogP contribution in [0.25, 0.3) is 0 Å². The van der Waals surface area contributed by atoms with Crippen LogP contribution >= 0.6 is 0 Å². The van der Waals surface area contributed by atoms with Gasteiger partial charge in [0.25, 0.3) is 5.56 Å². The maximum absolute atomic E-state index is 11.0. The number of H-pyrrole nitrogens is 1. The Kier molecular flexibility index (Phi) is 1.01. The Balaban J connectivity index is 2.70. The van der Waals surface area contributed by atoms with Gasteiger partial charge in [0.2, 0.25) is 0 Å².